The third kappa shape index (κ3) is 5.02. The normalized spacial score (nSPS) is 10.7. The van der Waals surface area contributed by atoms with Gasteiger partial charge in [0.2, 0.25) is 0 Å². The fourth-order valence-corrected chi connectivity index (χ4v) is 2.01. The molecule has 0 unspecified atom stereocenters. The first kappa shape index (κ1) is 14.5. The second-order valence-electron chi connectivity index (χ2n) is 4.88. The summed E-state index contributed by atoms with van der Waals surface area (Å²) >= 11 is 0. The van der Waals surface area contributed by atoms with Crippen molar-refractivity contribution in [1.82, 2.24) is 0 Å². The number of aryl methyl sites for hydroxylation is 2. The lowest BCUT2D eigenvalue weighted by atomic mass is 10.1. The molecule has 1 aromatic carbocycles. The Morgan fingerprint density at radius 3 is 2.65 bits per heavy atom. The van der Waals surface area contributed by atoms with Gasteiger partial charge in [0.25, 0.3) is 0 Å². The van der Waals surface area contributed by atoms with Crippen molar-refractivity contribution in [2.45, 2.75) is 32.8 Å². The molecule has 0 aliphatic heterocycles. The number of carbonyl (C=O) groups is 1. The molecule has 1 aromatic heterocycles. The molecular weight excluding hydrogens is 252 g/mol. The molecule has 0 fully saturated rings. The summed E-state index contributed by atoms with van der Waals surface area (Å²) in [5.41, 5.74) is 1.09. The van der Waals surface area contributed by atoms with E-state index >= 15 is 0 Å². The van der Waals surface area contributed by atoms with Gasteiger partial charge >= 0.3 is 0 Å². The summed E-state index contributed by atoms with van der Waals surface area (Å²) in [7, 11) is 0. The van der Waals surface area contributed by atoms with Crippen LogP contribution in [-0.4, -0.2) is 12.4 Å². The van der Waals surface area contributed by atoms with Gasteiger partial charge < -0.3 is 9.15 Å². The first-order chi connectivity index (χ1) is 9.74. The van der Waals surface area contributed by atoms with E-state index in [4.69, 9.17) is 9.15 Å². The molecule has 0 atom stereocenters. The van der Waals surface area contributed by atoms with E-state index in [9.17, 15) is 4.79 Å². The van der Waals surface area contributed by atoms with Crippen molar-refractivity contribution < 1.29 is 13.9 Å². The van der Waals surface area contributed by atoms with Crippen molar-refractivity contribution in [2.24, 2.45) is 0 Å². The van der Waals surface area contributed by atoms with Gasteiger partial charge in [0.05, 0.1) is 6.61 Å². The molecule has 1 heterocycles. The summed E-state index contributed by atoms with van der Waals surface area (Å²) < 4.78 is 10.9. The fraction of sp³-hybridized carbons (Fsp3) is 0.353. The Bertz CT molecular complexity index is 528. The smallest absolute Gasteiger partial charge is 0.158 e. The minimum atomic E-state index is 0.143. The standard InChI is InChI=1S/C17H20O3/c1-14-10-11-17(20-14)9-5-8-16(18)13-19-12-15-6-3-2-4-7-15/h2-4,6-7,10-11H,5,8-9,12-13H2,1H3. The van der Waals surface area contributed by atoms with E-state index in [0.717, 1.165) is 29.9 Å². The molecule has 0 aliphatic rings. The fourth-order valence-electron chi connectivity index (χ4n) is 2.01. The van der Waals surface area contributed by atoms with E-state index < -0.39 is 0 Å². The van der Waals surface area contributed by atoms with E-state index in [2.05, 4.69) is 0 Å². The largest absolute Gasteiger partial charge is 0.466 e. The summed E-state index contributed by atoms with van der Waals surface area (Å²) in [5.74, 6) is 2.00. The van der Waals surface area contributed by atoms with Crippen molar-refractivity contribution in [3.8, 4) is 0 Å². The van der Waals surface area contributed by atoms with E-state index in [1.165, 1.54) is 0 Å². The highest BCUT2D eigenvalue weighted by Crippen LogP contribution is 2.10. The van der Waals surface area contributed by atoms with E-state index in [1.807, 2.05) is 49.4 Å². The van der Waals surface area contributed by atoms with Gasteiger partial charge in [-0.2, -0.15) is 0 Å². The lowest BCUT2D eigenvalue weighted by Gasteiger charge is -2.03. The molecule has 3 heteroatoms. The zero-order valence-corrected chi connectivity index (χ0v) is 11.8. The maximum atomic E-state index is 11.7. The van der Waals surface area contributed by atoms with Crippen molar-refractivity contribution in [2.75, 3.05) is 6.61 Å². The van der Waals surface area contributed by atoms with Crippen LogP contribution in [0.15, 0.2) is 46.9 Å². The van der Waals surface area contributed by atoms with Gasteiger partial charge in [-0.1, -0.05) is 30.3 Å². The number of furan rings is 1. The molecule has 2 aromatic rings. The Labute approximate surface area is 119 Å². The Kier molecular flexibility index (Phi) is 5.56. The number of ketones is 1. The summed E-state index contributed by atoms with van der Waals surface area (Å²) in [6.07, 6.45) is 2.15. The third-order valence-corrected chi connectivity index (χ3v) is 3.05. The Morgan fingerprint density at radius 2 is 1.95 bits per heavy atom. The number of Topliss-reactive ketones (excluding diaryl/α,β-unsaturated/α-hetero) is 1. The molecule has 0 bridgehead atoms. The predicted octanol–water partition coefficient (Wildman–Crippen LogP) is 3.70. The second-order valence-corrected chi connectivity index (χ2v) is 4.88. The van der Waals surface area contributed by atoms with Gasteiger partial charge in [-0.3, -0.25) is 4.79 Å². The van der Waals surface area contributed by atoms with Gasteiger partial charge in [0.1, 0.15) is 18.1 Å². The number of benzene rings is 1. The SMILES string of the molecule is Cc1ccc(CCCC(=O)COCc2ccccc2)o1. The Balaban J connectivity index is 1.59. The summed E-state index contributed by atoms with van der Waals surface area (Å²) in [4.78, 5) is 11.7. The van der Waals surface area contributed by atoms with Crippen molar-refractivity contribution in [3.05, 3.63) is 59.5 Å². The quantitative estimate of drug-likeness (QED) is 0.735. The van der Waals surface area contributed by atoms with E-state index in [-0.39, 0.29) is 12.4 Å². The maximum Gasteiger partial charge on any atom is 0.158 e. The summed E-state index contributed by atoms with van der Waals surface area (Å²) in [6, 6.07) is 13.8. The highest BCUT2D eigenvalue weighted by atomic mass is 16.5. The van der Waals surface area contributed by atoms with Gasteiger partial charge in [0, 0.05) is 12.8 Å². The predicted molar refractivity (Wildman–Crippen MR) is 77.5 cm³/mol. The van der Waals surface area contributed by atoms with Crippen LogP contribution in [0.3, 0.4) is 0 Å². The highest BCUT2D eigenvalue weighted by Gasteiger charge is 2.04. The number of ether oxygens (including phenoxy) is 1. The van der Waals surface area contributed by atoms with Crippen molar-refractivity contribution in [3.63, 3.8) is 0 Å². The first-order valence-electron chi connectivity index (χ1n) is 6.93. The lowest BCUT2D eigenvalue weighted by molar-refractivity contribution is -0.124. The van der Waals surface area contributed by atoms with Crippen molar-refractivity contribution in [1.29, 1.82) is 0 Å². The molecule has 0 aliphatic carbocycles. The zero-order valence-electron chi connectivity index (χ0n) is 11.8. The van der Waals surface area contributed by atoms with Crippen LogP contribution in [0.2, 0.25) is 0 Å². The minimum absolute atomic E-state index is 0.143. The van der Waals surface area contributed by atoms with E-state index in [1.54, 1.807) is 0 Å². The minimum Gasteiger partial charge on any atom is -0.466 e. The highest BCUT2D eigenvalue weighted by molar-refractivity contribution is 5.79. The van der Waals surface area contributed by atoms with Gasteiger partial charge in [-0.15, -0.1) is 0 Å². The monoisotopic (exact) mass is 272 g/mol. The molecule has 0 N–H and O–H groups in total. The first-order valence-corrected chi connectivity index (χ1v) is 6.93. The van der Waals surface area contributed by atoms with Gasteiger partial charge in [0.15, 0.2) is 5.78 Å². The number of hydrogen-bond acceptors (Lipinski definition) is 3. The Hall–Kier alpha value is -1.87. The van der Waals surface area contributed by atoms with Crippen LogP contribution in [-0.2, 0) is 22.6 Å². The molecule has 0 radical (unpaired) electrons. The maximum absolute atomic E-state index is 11.7. The lowest BCUT2D eigenvalue weighted by Crippen LogP contribution is -2.08. The molecule has 2 rings (SSSR count). The number of carbonyl (C=O) groups excluding carboxylic acids is 1. The van der Waals surface area contributed by atoms with Gasteiger partial charge in [-0.25, -0.2) is 0 Å². The Morgan fingerprint density at radius 1 is 1.15 bits per heavy atom. The average Bonchev–Trinajstić information content (AvgIpc) is 2.86. The molecular formula is C17H20O3. The molecule has 0 amide bonds. The second kappa shape index (κ2) is 7.65. The molecule has 106 valence electrons. The van der Waals surface area contributed by atoms with Crippen LogP contribution in [0.1, 0.15) is 29.9 Å². The van der Waals surface area contributed by atoms with Crippen LogP contribution in [0, 0.1) is 6.92 Å². The summed E-state index contributed by atoms with van der Waals surface area (Å²) in [5, 5.41) is 0. The van der Waals surface area contributed by atoms with Crippen LogP contribution in [0.5, 0.6) is 0 Å². The van der Waals surface area contributed by atoms with Crippen LogP contribution in [0.4, 0.5) is 0 Å². The number of hydrogen-bond donors (Lipinski definition) is 0. The molecule has 3 nitrogen and oxygen atoms in total. The zero-order chi connectivity index (χ0) is 14.2. The molecule has 20 heavy (non-hydrogen) atoms. The summed E-state index contributed by atoms with van der Waals surface area (Å²) in [6.45, 7) is 2.60. The van der Waals surface area contributed by atoms with E-state index in [0.29, 0.717) is 13.0 Å². The third-order valence-electron chi connectivity index (χ3n) is 3.05. The molecule has 0 spiro atoms. The number of rotatable bonds is 8. The molecule has 0 saturated carbocycles. The van der Waals surface area contributed by atoms with Crippen LogP contribution < -0.4 is 0 Å². The van der Waals surface area contributed by atoms with Gasteiger partial charge in [-0.05, 0) is 31.0 Å². The van der Waals surface area contributed by atoms with Crippen LogP contribution in [0.25, 0.3) is 0 Å². The van der Waals surface area contributed by atoms with Crippen molar-refractivity contribution >= 4 is 5.78 Å². The topological polar surface area (TPSA) is 39.4 Å². The molecule has 0 saturated heterocycles. The van der Waals surface area contributed by atoms with Crippen LogP contribution >= 0.6 is 0 Å². The average molecular weight is 272 g/mol.